The van der Waals surface area contributed by atoms with E-state index in [1.807, 2.05) is 18.2 Å². The highest BCUT2D eigenvalue weighted by atomic mass is 16.3. The van der Waals surface area contributed by atoms with Crippen molar-refractivity contribution < 1.29 is 9.90 Å². The predicted octanol–water partition coefficient (Wildman–Crippen LogP) is 1.85. The number of hydrogen-bond acceptors (Lipinski definition) is 4. The van der Waals surface area contributed by atoms with Crippen molar-refractivity contribution in [1.29, 1.82) is 0 Å². The van der Waals surface area contributed by atoms with Crippen LogP contribution in [-0.2, 0) is 17.6 Å². The van der Waals surface area contributed by atoms with Crippen molar-refractivity contribution in [2.45, 2.75) is 45.1 Å². The van der Waals surface area contributed by atoms with Crippen molar-refractivity contribution in [2.24, 2.45) is 5.92 Å². The molecule has 2 aromatic rings. The number of carbonyl (C=O) groups is 1. The summed E-state index contributed by atoms with van der Waals surface area (Å²) < 4.78 is 0. The van der Waals surface area contributed by atoms with Gasteiger partial charge in [-0.2, -0.15) is 0 Å². The standard InChI is InChI=1S/C21H27N3O3/c1-15-22-14-18(21(27)23-15)13-20(26)24-11-9-17(10-12-24)19(25)8-7-16-5-3-2-4-6-16/h2-6,14,17,19,25H,7-13H2,1H3,(H,22,23,27). The van der Waals surface area contributed by atoms with E-state index in [1.165, 1.54) is 11.8 Å². The molecule has 2 heterocycles. The van der Waals surface area contributed by atoms with Crippen molar-refractivity contribution in [3.05, 3.63) is 63.8 Å². The minimum absolute atomic E-state index is 0.0524. The molecule has 0 bridgehead atoms. The van der Waals surface area contributed by atoms with Crippen LogP contribution in [0.3, 0.4) is 0 Å². The molecule has 0 aliphatic carbocycles. The predicted molar refractivity (Wildman–Crippen MR) is 103 cm³/mol. The highest BCUT2D eigenvalue weighted by Crippen LogP contribution is 2.24. The molecule has 1 atom stereocenters. The number of likely N-dealkylation sites (tertiary alicyclic amines) is 1. The monoisotopic (exact) mass is 369 g/mol. The molecule has 1 unspecified atom stereocenters. The van der Waals surface area contributed by atoms with Gasteiger partial charge in [0.1, 0.15) is 5.82 Å². The molecule has 1 fully saturated rings. The summed E-state index contributed by atoms with van der Waals surface area (Å²) in [5, 5.41) is 10.5. The maximum absolute atomic E-state index is 12.5. The molecule has 6 heteroatoms. The van der Waals surface area contributed by atoms with Crippen LogP contribution in [0.5, 0.6) is 0 Å². The Labute approximate surface area is 159 Å². The lowest BCUT2D eigenvalue weighted by atomic mass is 9.88. The van der Waals surface area contributed by atoms with Crippen molar-refractivity contribution in [1.82, 2.24) is 14.9 Å². The quantitative estimate of drug-likeness (QED) is 0.814. The van der Waals surface area contributed by atoms with Crippen LogP contribution < -0.4 is 5.56 Å². The van der Waals surface area contributed by atoms with E-state index in [0.29, 0.717) is 24.5 Å². The van der Waals surface area contributed by atoms with E-state index in [2.05, 4.69) is 22.1 Å². The Morgan fingerprint density at radius 1 is 1.30 bits per heavy atom. The van der Waals surface area contributed by atoms with Crippen LogP contribution in [0.15, 0.2) is 41.3 Å². The first-order valence-corrected chi connectivity index (χ1v) is 9.57. The minimum Gasteiger partial charge on any atom is -0.393 e. The fraction of sp³-hybridized carbons (Fsp3) is 0.476. The third-order valence-corrected chi connectivity index (χ3v) is 5.35. The average molecular weight is 369 g/mol. The molecule has 1 aliphatic rings. The number of rotatable bonds is 6. The fourth-order valence-electron chi connectivity index (χ4n) is 3.64. The molecule has 2 N–H and O–H groups in total. The second-order valence-electron chi connectivity index (χ2n) is 7.31. The summed E-state index contributed by atoms with van der Waals surface area (Å²) in [6, 6.07) is 10.2. The number of aromatic nitrogens is 2. The molecule has 0 spiro atoms. The zero-order chi connectivity index (χ0) is 19.2. The van der Waals surface area contributed by atoms with E-state index in [-0.39, 0.29) is 29.9 Å². The number of aliphatic hydroxyl groups is 1. The number of aromatic amines is 1. The normalized spacial score (nSPS) is 16.3. The van der Waals surface area contributed by atoms with E-state index < -0.39 is 0 Å². The zero-order valence-corrected chi connectivity index (χ0v) is 15.7. The molecular weight excluding hydrogens is 342 g/mol. The summed E-state index contributed by atoms with van der Waals surface area (Å²) in [6.45, 7) is 2.97. The van der Waals surface area contributed by atoms with Crippen molar-refractivity contribution >= 4 is 5.91 Å². The molecule has 1 aromatic carbocycles. The summed E-state index contributed by atoms with van der Waals surface area (Å²) in [5.41, 5.74) is 1.39. The van der Waals surface area contributed by atoms with Gasteiger partial charge in [0.05, 0.1) is 12.5 Å². The number of H-pyrrole nitrogens is 1. The lowest BCUT2D eigenvalue weighted by molar-refractivity contribution is -0.132. The molecule has 0 saturated carbocycles. The SMILES string of the molecule is Cc1ncc(CC(=O)N2CCC(C(O)CCc3ccccc3)CC2)c(=O)[nH]1. The van der Waals surface area contributed by atoms with Gasteiger partial charge < -0.3 is 15.0 Å². The Balaban J connectivity index is 1.46. The van der Waals surface area contributed by atoms with Crippen LogP contribution in [0, 0.1) is 12.8 Å². The summed E-state index contributed by atoms with van der Waals surface area (Å²) in [4.78, 5) is 32.8. The van der Waals surface area contributed by atoms with Gasteiger partial charge >= 0.3 is 0 Å². The van der Waals surface area contributed by atoms with Crippen LogP contribution in [0.1, 0.15) is 36.2 Å². The topological polar surface area (TPSA) is 86.3 Å². The van der Waals surface area contributed by atoms with Gasteiger partial charge in [0.25, 0.3) is 5.56 Å². The van der Waals surface area contributed by atoms with Gasteiger partial charge in [-0.1, -0.05) is 30.3 Å². The Morgan fingerprint density at radius 2 is 2.00 bits per heavy atom. The second kappa shape index (κ2) is 8.95. The molecule has 1 saturated heterocycles. The zero-order valence-electron chi connectivity index (χ0n) is 15.7. The van der Waals surface area contributed by atoms with E-state index in [4.69, 9.17) is 0 Å². The lowest BCUT2D eigenvalue weighted by Crippen LogP contribution is -2.42. The van der Waals surface area contributed by atoms with Crippen LogP contribution >= 0.6 is 0 Å². The van der Waals surface area contributed by atoms with Gasteiger partial charge in [-0.3, -0.25) is 9.59 Å². The molecule has 6 nitrogen and oxygen atoms in total. The number of hydrogen-bond donors (Lipinski definition) is 2. The Kier molecular flexibility index (Phi) is 6.40. The molecule has 1 amide bonds. The molecule has 3 rings (SSSR count). The highest BCUT2D eigenvalue weighted by molar-refractivity contribution is 5.78. The van der Waals surface area contributed by atoms with Crippen LogP contribution in [-0.4, -0.2) is 45.1 Å². The number of benzene rings is 1. The Bertz CT molecular complexity index is 811. The third kappa shape index (κ3) is 5.26. The summed E-state index contributed by atoms with van der Waals surface area (Å²) in [7, 11) is 0. The summed E-state index contributed by atoms with van der Waals surface area (Å²) in [6.07, 6.45) is 4.41. The molecule has 0 radical (unpaired) electrons. The van der Waals surface area contributed by atoms with Gasteiger partial charge in [-0.15, -0.1) is 0 Å². The van der Waals surface area contributed by atoms with Crippen LogP contribution in [0.2, 0.25) is 0 Å². The van der Waals surface area contributed by atoms with E-state index >= 15 is 0 Å². The molecule has 1 aliphatic heterocycles. The number of aryl methyl sites for hydroxylation is 2. The number of amides is 1. The van der Waals surface area contributed by atoms with E-state index in [0.717, 1.165) is 25.7 Å². The van der Waals surface area contributed by atoms with Crippen molar-refractivity contribution in [2.75, 3.05) is 13.1 Å². The van der Waals surface area contributed by atoms with Crippen molar-refractivity contribution in [3.8, 4) is 0 Å². The summed E-state index contributed by atoms with van der Waals surface area (Å²) in [5.74, 6) is 0.715. The molecule has 1 aromatic heterocycles. The summed E-state index contributed by atoms with van der Waals surface area (Å²) >= 11 is 0. The number of nitrogens with one attached hydrogen (secondary N) is 1. The first-order chi connectivity index (χ1) is 13.0. The van der Waals surface area contributed by atoms with Gasteiger partial charge in [0, 0.05) is 24.8 Å². The lowest BCUT2D eigenvalue weighted by Gasteiger charge is -2.34. The van der Waals surface area contributed by atoms with E-state index in [1.54, 1.807) is 11.8 Å². The number of carbonyl (C=O) groups excluding carboxylic acids is 1. The smallest absolute Gasteiger partial charge is 0.254 e. The Hall–Kier alpha value is -2.47. The number of piperidine rings is 1. The second-order valence-corrected chi connectivity index (χ2v) is 7.31. The van der Waals surface area contributed by atoms with Gasteiger partial charge in [0.15, 0.2) is 0 Å². The molecular formula is C21H27N3O3. The maximum Gasteiger partial charge on any atom is 0.254 e. The van der Waals surface area contributed by atoms with Crippen LogP contribution in [0.25, 0.3) is 0 Å². The average Bonchev–Trinajstić information content (AvgIpc) is 2.69. The molecule has 27 heavy (non-hydrogen) atoms. The third-order valence-electron chi connectivity index (χ3n) is 5.35. The Morgan fingerprint density at radius 3 is 2.67 bits per heavy atom. The minimum atomic E-state index is -0.341. The van der Waals surface area contributed by atoms with Crippen molar-refractivity contribution in [3.63, 3.8) is 0 Å². The first kappa shape index (κ1) is 19.3. The number of aliphatic hydroxyl groups excluding tert-OH is 1. The van der Waals surface area contributed by atoms with Gasteiger partial charge in [-0.25, -0.2) is 4.98 Å². The van der Waals surface area contributed by atoms with Gasteiger partial charge in [-0.05, 0) is 44.1 Å². The fourth-order valence-corrected chi connectivity index (χ4v) is 3.64. The largest absolute Gasteiger partial charge is 0.393 e. The highest BCUT2D eigenvalue weighted by Gasteiger charge is 2.27. The maximum atomic E-state index is 12.5. The van der Waals surface area contributed by atoms with Crippen LogP contribution in [0.4, 0.5) is 0 Å². The van der Waals surface area contributed by atoms with Gasteiger partial charge in [0.2, 0.25) is 5.91 Å². The number of nitrogens with zero attached hydrogens (tertiary/aromatic N) is 2. The first-order valence-electron chi connectivity index (χ1n) is 9.57. The van der Waals surface area contributed by atoms with E-state index in [9.17, 15) is 14.7 Å². The molecule has 144 valence electrons.